The van der Waals surface area contributed by atoms with E-state index in [9.17, 15) is 0 Å². The van der Waals surface area contributed by atoms with E-state index in [2.05, 4.69) is 24.0 Å². The van der Waals surface area contributed by atoms with Crippen molar-refractivity contribution in [1.29, 1.82) is 0 Å². The Morgan fingerprint density at radius 2 is 2.31 bits per heavy atom. The molecule has 4 N–H and O–H groups in total. The highest BCUT2D eigenvalue weighted by molar-refractivity contribution is 5.31. The molecule has 4 nitrogen and oxygen atoms in total. The molecule has 0 aliphatic heterocycles. The second kappa shape index (κ2) is 3.79. The smallest absolute Gasteiger partial charge is 0.119 e. The molecule has 0 aliphatic carbocycles. The van der Waals surface area contributed by atoms with Crippen LogP contribution < -0.4 is 5.73 Å². The van der Waals surface area contributed by atoms with Crippen LogP contribution in [0.15, 0.2) is 6.07 Å². The van der Waals surface area contributed by atoms with Crippen molar-refractivity contribution < 1.29 is 5.11 Å². The van der Waals surface area contributed by atoms with Crippen LogP contribution in [0.5, 0.6) is 0 Å². The number of H-pyrrole nitrogens is 1. The zero-order valence-electron chi connectivity index (χ0n) is 8.17. The van der Waals surface area contributed by atoms with Crippen molar-refractivity contribution >= 4 is 5.82 Å². The fourth-order valence-corrected chi connectivity index (χ4v) is 1.33. The Balaban J connectivity index is 2.68. The van der Waals surface area contributed by atoms with Crippen molar-refractivity contribution in [3.8, 4) is 0 Å². The van der Waals surface area contributed by atoms with Gasteiger partial charge in [-0.2, -0.15) is 5.10 Å². The number of nitrogens with two attached hydrogens (primary N) is 1. The lowest BCUT2D eigenvalue weighted by molar-refractivity contribution is 0.267. The minimum absolute atomic E-state index is 0.0170. The summed E-state index contributed by atoms with van der Waals surface area (Å²) in [6.45, 7) is 4.42. The highest BCUT2D eigenvalue weighted by Crippen LogP contribution is 2.27. The molecule has 1 aromatic rings. The molecule has 0 radical (unpaired) electrons. The monoisotopic (exact) mass is 183 g/mol. The van der Waals surface area contributed by atoms with Gasteiger partial charge in [0.15, 0.2) is 0 Å². The summed E-state index contributed by atoms with van der Waals surface area (Å²) in [4.78, 5) is 0. The van der Waals surface area contributed by atoms with Crippen LogP contribution in [0.3, 0.4) is 0 Å². The van der Waals surface area contributed by atoms with Gasteiger partial charge in [0.2, 0.25) is 0 Å². The predicted molar refractivity (Wildman–Crippen MR) is 52.3 cm³/mol. The Morgan fingerprint density at radius 3 is 2.77 bits per heavy atom. The van der Waals surface area contributed by atoms with E-state index in [4.69, 9.17) is 10.8 Å². The molecule has 0 aliphatic rings. The third kappa shape index (κ3) is 2.45. The number of aliphatic hydroxyl groups excluding tert-OH is 1. The number of rotatable bonds is 4. The average Bonchev–Trinajstić information content (AvgIpc) is 2.49. The number of anilines is 1. The first-order chi connectivity index (χ1) is 6.06. The molecule has 0 saturated heterocycles. The van der Waals surface area contributed by atoms with Gasteiger partial charge in [0, 0.05) is 18.1 Å². The van der Waals surface area contributed by atoms with E-state index in [0.717, 1.165) is 18.5 Å². The maximum atomic E-state index is 8.73. The van der Waals surface area contributed by atoms with Gasteiger partial charge in [-0.3, -0.25) is 5.10 Å². The summed E-state index contributed by atoms with van der Waals surface area (Å²) in [5.41, 5.74) is 6.48. The van der Waals surface area contributed by atoms with Crippen LogP contribution in [0.2, 0.25) is 0 Å². The zero-order valence-corrected chi connectivity index (χ0v) is 8.17. The summed E-state index contributed by atoms with van der Waals surface area (Å²) >= 11 is 0. The van der Waals surface area contributed by atoms with E-state index >= 15 is 0 Å². The van der Waals surface area contributed by atoms with Crippen molar-refractivity contribution in [3.05, 3.63) is 11.8 Å². The van der Waals surface area contributed by atoms with Crippen LogP contribution in [0.1, 0.15) is 32.4 Å². The van der Waals surface area contributed by atoms with E-state index < -0.39 is 0 Å². The normalized spacial score (nSPS) is 11.9. The Labute approximate surface area is 78.2 Å². The fourth-order valence-electron chi connectivity index (χ4n) is 1.33. The molecule has 1 aromatic heterocycles. The molecule has 0 unspecified atom stereocenters. The third-order valence-electron chi connectivity index (χ3n) is 2.25. The molecular weight excluding hydrogens is 166 g/mol. The summed E-state index contributed by atoms with van der Waals surface area (Å²) in [5.74, 6) is 0.590. The van der Waals surface area contributed by atoms with Gasteiger partial charge in [-0.1, -0.05) is 13.8 Å². The van der Waals surface area contributed by atoms with E-state index in [1.165, 1.54) is 0 Å². The number of nitrogens with zero attached hydrogens (tertiary/aromatic N) is 1. The van der Waals surface area contributed by atoms with Gasteiger partial charge in [0.25, 0.3) is 0 Å². The summed E-state index contributed by atoms with van der Waals surface area (Å²) < 4.78 is 0. The quantitative estimate of drug-likeness (QED) is 0.653. The van der Waals surface area contributed by atoms with E-state index in [1.54, 1.807) is 0 Å². The van der Waals surface area contributed by atoms with Crippen molar-refractivity contribution in [3.63, 3.8) is 0 Å². The van der Waals surface area contributed by atoms with Crippen molar-refractivity contribution in [1.82, 2.24) is 10.2 Å². The summed E-state index contributed by atoms with van der Waals surface area (Å²) in [6, 6.07) is 1.84. The van der Waals surface area contributed by atoms with Crippen LogP contribution >= 0.6 is 0 Å². The number of hydrogen-bond donors (Lipinski definition) is 3. The predicted octanol–water partition coefficient (Wildman–Crippen LogP) is 1.04. The van der Waals surface area contributed by atoms with E-state index in [0.29, 0.717) is 5.82 Å². The van der Waals surface area contributed by atoms with Crippen LogP contribution in [0.25, 0.3) is 0 Å². The maximum absolute atomic E-state index is 8.73. The SMILES string of the molecule is CC(C)(CCCO)c1cc(N)[nH]n1. The van der Waals surface area contributed by atoms with Gasteiger partial charge < -0.3 is 10.8 Å². The van der Waals surface area contributed by atoms with Crippen molar-refractivity contribution in [2.75, 3.05) is 12.3 Å². The standard InChI is InChI=1S/C9H17N3O/c1-9(2,4-3-5-13)7-6-8(10)12-11-7/h6,13H,3-5H2,1-2H3,(H3,10,11,12). The molecule has 0 atom stereocenters. The molecular formula is C9H17N3O. The molecule has 74 valence electrons. The van der Waals surface area contributed by atoms with Gasteiger partial charge in [0.1, 0.15) is 5.82 Å². The molecule has 0 bridgehead atoms. The number of aromatic amines is 1. The lowest BCUT2D eigenvalue weighted by Crippen LogP contribution is -2.18. The Bertz CT molecular complexity index is 268. The first-order valence-corrected chi connectivity index (χ1v) is 4.48. The molecule has 0 amide bonds. The van der Waals surface area contributed by atoms with Gasteiger partial charge in [0.05, 0.1) is 5.69 Å². The van der Waals surface area contributed by atoms with E-state index in [-0.39, 0.29) is 12.0 Å². The number of nitrogens with one attached hydrogen (secondary N) is 1. The lowest BCUT2D eigenvalue weighted by Gasteiger charge is -2.21. The minimum Gasteiger partial charge on any atom is -0.396 e. The Hall–Kier alpha value is -1.03. The molecule has 0 spiro atoms. The first-order valence-electron chi connectivity index (χ1n) is 4.48. The Morgan fingerprint density at radius 1 is 1.62 bits per heavy atom. The highest BCUT2D eigenvalue weighted by atomic mass is 16.2. The Kier molecular flexibility index (Phi) is 2.93. The molecule has 0 fully saturated rings. The van der Waals surface area contributed by atoms with E-state index in [1.807, 2.05) is 6.07 Å². The van der Waals surface area contributed by atoms with Crippen LogP contribution in [-0.4, -0.2) is 21.9 Å². The topological polar surface area (TPSA) is 74.9 Å². The van der Waals surface area contributed by atoms with Crippen LogP contribution in [0.4, 0.5) is 5.82 Å². The lowest BCUT2D eigenvalue weighted by atomic mass is 9.84. The third-order valence-corrected chi connectivity index (χ3v) is 2.25. The molecule has 1 rings (SSSR count). The summed E-state index contributed by atoms with van der Waals surface area (Å²) in [6.07, 6.45) is 1.70. The molecule has 13 heavy (non-hydrogen) atoms. The molecule has 4 heteroatoms. The zero-order chi connectivity index (χ0) is 9.90. The second-order valence-electron chi connectivity index (χ2n) is 3.92. The number of nitrogen functional groups attached to an aromatic ring is 1. The largest absolute Gasteiger partial charge is 0.396 e. The van der Waals surface area contributed by atoms with Crippen molar-refractivity contribution in [2.45, 2.75) is 32.1 Å². The van der Waals surface area contributed by atoms with Crippen LogP contribution in [0, 0.1) is 0 Å². The van der Waals surface area contributed by atoms with Gasteiger partial charge in [-0.25, -0.2) is 0 Å². The number of hydrogen-bond acceptors (Lipinski definition) is 3. The first kappa shape index (κ1) is 10.1. The molecule has 1 heterocycles. The molecule has 0 saturated carbocycles. The molecule has 0 aromatic carbocycles. The van der Waals surface area contributed by atoms with Crippen LogP contribution in [-0.2, 0) is 5.41 Å². The summed E-state index contributed by atoms with van der Waals surface area (Å²) in [5, 5.41) is 15.6. The second-order valence-corrected chi connectivity index (χ2v) is 3.92. The van der Waals surface area contributed by atoms with Gasteiger partial charge >= 0.3 is 0 Å². The summed E-state index contributed by atoms with van der Waals surface area (Å²) in [7, 11) is 0. The van der Waals surface area contributed by atoms with Gasteiger partial charge in [-0.05, 0) is 12.8 Å². The maximum Gasteiger partial charge on any atom is 0.119 e. The minimum atomic E-state index is -0.0170. The number of aromatic nitrogens is 2. The van der Waals surface area contributed by atoms with Crippen molar-refractivity contribution in [2.24, 2.45) is 0 Å². The average molecular weight is 183 g/mol. The number of aliphatic hydroxyl groups is 1. The van der Waals surface area contributed by atoms with Gasteiger partial charge in [-0.15, -0.1) is 0 Å². The fraction of sp³-hybridized carbons (Fsp3) is 0.667. The highest BCUT2D eigenvalue weighted by Gasteiger charge is 2.22.